The monoisotopic (exact) mass is 481 g/mol. The van der Waals surface area contributed by atoms with Crippen LogP contribution in [0.25, 0.3) is 0 Å². The number of ether oxygens (including phenoxy) is 2. The van der Waals surface area contributed by atoms with Crippen molar-refractivity contribution in [1.29, 1.82) is 0 Å². The lowest BCUT2D eigenvalue weighted by Crippen LogP contribution is -2.47. The minimum absolute atomic E-state index is 0.0961. The highest BCUT2D eigenvalue weighted by atomic mass is 16.5. The number of fused-ring (bicyclic) bond motifs is 1. The number of hydrogen-bond donors (Lipinski definition) is 1. The maximum Gasteiger partial charge on any atom is 0.275 e. The predicted molar refractivity (Wildman–Crippen MR) is 133 cm³/mol. The summed E-state index contributed by atoms with van der Waals surface area (Å²) in [4.78, 5) is 38.2. The summed E-state index contributed by atoms with van der Waals surface area (Å²) in [5.41, 5.74) is 1.08. The number of aromatic nitrogens is 2. The molecule has 1 N–H and O–H groups in total. The maximum absolute atomic E-state index is 13.5. The molecule has 0 unspecified atom stereocenters. The summed E-state index contributed by atoms with van der Waals surface area (Å²) in [6, 6.07) is 5.32. The van der Waals surface area contributed by atoms with E-state index in [0.29, 0.717) is 30.2 Å². The van der Waals surface area contributed by atoms with E-state index in [-0.39, 0.29) is 29.7 Å². The van der Waals surface area contributed by atoms with Crippen molar-refractivity contribution in [3.05, 3.63) is 48.0 Å². The number of rotatable bonds is 5. The van der Waals surface area contributed by atoms with E-state index in [9.17, 15) is 9.59 Å². The quantitative estimate of drug-likeness (QED) is 0.701. The van der Waals surface area contributed by atoms with Crippen molar-refractivity contribution in [3.63, 3.8) is 0 Å². The summed E-state index contributed by atoms with van der Waals surface area (Å²) in [6.45, 7) is 7.22. The summed E-state index contributed by atoms with van der Waals surface area (Å²) in [7, 11) is 3.48. The highest BCUT2D eigenvalue weighted by Crippen LogP contribution is 2.32. The smallest absolute Gasteiger partial charge is 0.275 e. The molecule has 2 aliphatic rings. The normalized spacial score (nSPS) is 24.1. The lowest BCUT2D eigenvalue weighted by molar-refractivity contribution is 0.00994. The standard InChI is InChI=1S/C26H35N5O4/c1-17-13-31(14-19-5-6-19)18(2)16-35-23-8-7-20(29-25(32)22-12-27-9-10-28-22)11-21(23)26(33)30(3)15-24(17)34-4/h7-12,17-19,24H,5-6,13-16H2,1-4H3,(H,29,32)/t17-,18-,24+/m1/s1. The highest BCUT2D eigenvalue weighted by Gasteiger charge is 2.31. The molecule has 9 heteroatoms. The number of hydrogen-bond acceptors (Lipinski definition) is 7. The minimum Gasteiger partial charge on any atom is -0.491 e. The minimum atomic E-state index is -0.398. The second-order valence-corrected chi connectivity index (χ2v) is 9.75. The van der Waals surface area contributed by atoms with E-state index in [1.807, 2.05) is 0 Å². The lowest BCUT2D eigenvalue weighted by Gasteiger charge is -2.36. The zero-order valence-corrected chi connectivity index (χ0v) is 20.9. The molecule has 1 aromatic heterocycles. The van der Waals surface area contributed by atoms with E-state index in [1.54, 1.807) is 37.3 Å². The number of methoxy groups -OCH3 is 1. The van der Waals surface area contributed by atoms with Crippen LogP contribution in [0.15, 0.2) is 36.8 Å². The Balaban J connectivity index is 1.60. The number of benzene rings is 1. The van der Waals surface area contributed by atoms with E-state index in [2.05, 4.69) is 34.0 Å². The van der Waals surface area contributed by atoms with Crippen LogP contribution in [-0.4, -0.2) is 84.1 Å². The average Bonchev–Trinajstić information content (AvgIpc) is 3.69. The Morgan fingerprint density at radius 2 is 2.03 bits per heavy atom. The van der Waals surface area contributed by atoms with Crippen molar-refractivity contribution in [2.75, 3.05) is 45.7 Å². The molecule has 1 aromatic carbocycles. The van der Waals surface area contributed by atoms with Crippen LogP contribution >= 0.6 is 0 Å². The summed E-state index contributed by atoms with van der Waals surface area (Å²) >= 11 is 0. The fourth-order valence-corrected chi connectivity index (χ4v) is 4.43. The topological polar surface area (TPSA) is 96.9 Å². The molecular weight excluding hydrogens is 446 g/mol. The molecule has 1 fully saturated rings. The molecule has 0 spiro atoms. The lowest BCUT2D eigenvalue weighted by atomic mass is 10.0. The Hall–Kier alpha value is -3.04. The Kier molecular flexibility index (Phi) is 7.97. The van der Waals surface area contributed by atoms with Crippen LogP contribution in [0, 0.1) is 11.8 Å². The van der Waals surface area contributed by atoms with E-state index in [4.69, 9.17) is 9.47 Å². The molecule has 1 saturated carbocycles. The predicted octanol–water partition coefficient (Wildman–Crippen LogP) is 2.94. The molecule has 35 heavy (non-hydrogen) atoms. The summed E-state index contributed by atoms with van der Waals surface area (Å²) < 4.78 is 12.0. The first kappa shape index (κ1) is 25.1. The summed E-state index contributed by atoms with van der Waals surface area (Å²) in [5, 5.41) is 2.80. The molecule has 4 rings (SSSR count). The van der Waals surface area contributed by atoms with Crippen LogP contribution in [-0.2, 0) is 4.74 Å². The van der Waals surface area contributed by atoms with Crippen molar-refractivity contribution in [3.8, 4) is 5.75 Å². The highest BCUT2D eigenvalue weighted by molar-refractivity contribution is 6.04. The number of nitrogens with zero attached hydrogens (tertiary/aromatic N) is 4. The molecule has 2 aromatic rings. The Labute approximate surface area is 206 Å². The van der Waals surface area contributed by atoms with Gasteiger partial charge < -0.3 is 19.7 Å². The van der Waals surface area contributed by atoms with E-state index in [1.165, 1.54) is 31.4 Å². The fourth-order valence-electron chi connectivity index (χ4n) is 4.43. The molecule has 188 valence electrons. The van der Waals surface area contributed by atoms with Crippen LogP contribution < -0.4 is 10.1 Å². The zero-order valence-electron chi connectivity index (χ0n) is 20.9. The largest absolute Gasteiger partial charge is 0.491 e. The molecule has 9 nitrogen and oxygen atoms in total. The van der Waals surface area contributed by atoms with Crippen molar-refractivity contribution >= 4 is 17.5 Å². The van der Waals surface area contributed by atoms with Crippen LogP contribution in [0.5, 0.6) is 5.75 Å². The third-order valence-electron chi connectivity index (χ3n) is 6.82. The van der Waals surface area contributed by atoms with Crippen LogP contribution in [0.4, 0.5) is 5.69 Å². The zero-order chi connectivity index (χ0) is 24.9. The molecule has 1 aliphatic carbocycles. The van der Waals surface area contributed by atoms with E-state index in [0.717, 1.165) is 19.0 Å². The van der Waals surface area contributed by atoms with E-state index >= 15 is 0 Å². The van der Waals surface area contributed by atoms with Gasteiger partial charge in [-0.15, -0.1) is 0 Å². The molecule has 0 radical (unpaired) electrons. The van der Waals surface area contributed by atoms with Crippen molar-refractivity contribution in [1.82, 2.24) is 19.8 Å². The van der Waals surface area contributed by atoms with Gasteiger partial charge in [-0.3, -0.25) is 19.5 Å². The number of amides is 2. The second-order valence-electron chi connectivity index (χ2n) is 9.75. The Morgan fingerprint density at radius 3 is 2.71 bits per heavy atom. The number of likely N-dealkylation sites (N-methyl/N-ethyl adjacent to an activating group) is 1. The van der Waals surface area contributed by atoms with E-state index < -0.39 is 5.91 Å². The van der Waals surface area contributed by atoms with Gasteiger partial charge in [-0.05, 0) is 49.8 Å². The number of anilines is 1. The number of carbonyl (C=O) groups is 2. The van der Waals surface area contributed by atoms with Gasteiger partial charge in [0, 0.05) is 57.9 Å². The molecular formula is C26H35N5O4. The third kappa shape index (κ3) is 6.35. The summed E-state index contributed by atoms with van der Waals surface area (Å²) in [5.74, 6) is 0.919. The molecule has 1 aliphatic heterocycles. The maximum atomic E-state index is 13.5. The Bertz CT molecular complexity index is 1030. The number of carbonyl (C=O) groups excluding carboxylic acids is 2. The van der Waals surface area contributed by atoms with Gasteiger partial charge >= 0.3 is 0 Å². The number of nitrogens with one attached hydrogen (secondary N) is 1. The van der Waals surface area contributed by atoms with Crippen molar-refractivity contribution in [2.24, 2.45) is 11.8 Å². The van der Waals surface area contributed by atoms with Gasteiger partial charge in [0.1, 0.15) is 18.1 Å². The van der Waals surface area contributed by atoms with Crippen LogP contribution in [0.2, 0.25) is 0 Å². The Morgan fingerprint density at radius 1 is 1.23 bits per heavy atom. The van der Waals surface area contributed by atoms with Crippen LogP contribution in [0.3, 0.4) is 0 Å². The summed E-state index contributed by atoms with van der Waals surface area (Å²) in [6.07, 6.45) is 6.84. The van der Waals surface area contributed by atoms with Gasteiger partial charge in [0.05, 0.1) is 17.9 Å². The third-order valence-corrected chi connectivity index (χ3v) is 6.82. The van der Waals surface area contributed by atoms with Gasteiger partial charge in [-0.1, -0.05) is 6.92 Å². The van der Waals surface area contributed by atoms with Crippen molar-refractivity contribution in [2.45, 2.75) is 38.8 Å². The van der Waals surface area contributed by atoms with Crippen molar-refractivity contribution < 1.29 is 19.1 Å². The molecule has 2 amide bonds. The molecule has 3 atom stereocenters. The second kappa shape index (κ2) is 11.1. The first-order valence-electron chi connectivity index (χ1n) is 12.2. The van der Waals surface area contributed by atoms with Gasteiger partial charge in [0.2, 0.25) is 0 Å². The SMILES string of the molecule is CO[C@H]1CN(C)C(=O)c2cc(NC(=O)c3cnccn3)ccc2OC[C@@H](C)N(CC2CC2)C[C@H]1C. The van der Waals surface area contributed by atoms with Gasteiger partial charge in [-0.25, -0.2) is 4.98 Å². The fraction of sp³-hybridized carbons (Fsp3) is 0.538. The van der Waals surface area contributed by atoms with Gasteiger partial charge in [-0.2, -0.15) is 0 Å². The van der Waals surface area contributed by atoms with Gasteiger partial charge in [0.15, 0.2) is 0 Å². The first-order chi connectivity index (χ1) is 16.9. The average molecular weight is 482 g/mol. The molecule has 2 heterocycles. The van der Waals surface area contributed by atoms with Gasteiger partial charge in [0.25, 0.3) is 11.8 Å². The molecule has 0 bridgehead atoms. The van der Waals surface area contributed by atoms with Crippen LogP contribution in [0.1, 0.15) is 47.5 Å². The first-order valence-corrected chi connectivity index (χ1v) is 12.2. The molecule has 0 saturated heterocycles.